The summed E-state index contributed by atoms with van der Waals surface area (Å²) in [5.41, 5.74) is 7.60. The molecule has 2 aromatic carbocycles. The minimum Gasteiger partial charge on any atom is -0.398 e. The predicted molar refractivity (Wildman–Crippen MR) is 77.6 cm³/mol. The number of benzene rings is 2. The van der Waals surface area contributed by atoms with E-state index in [0.717, 1.165) is 10.0 Å². The first-order valence-corrected chi connectivity index (χ1v) is 6.38. The van der Waals surface area contributed by atoms with Crippen LogP contribution in [0, 0.1) is 12.7 Å². The number of anilines is 2. The Bertz CT molecular complexity index is 623. The van der Waals surface area contributed by atoms with Crippen LogP contribution in [0.15, 0.2) is 40.9 Å². The van der Waals surface area contributed by atoms with E-state index in [1.54, 1.807) is 31.2 Å². The van der Waals surface area contributed by atoms with Gasteiger partial charge in [0.2, 0.25) is 0 Å². The third kappa shape index (κ3) is 3.32. The normalized spacial score (nSPS) is 10.3. The Kier molecular flexibility index (Phi) is 3.85. The van der Waals surface area contributed by atoms with Crippen molar-refractivity contribution in [2.24, 2.45) is 0 Å². The van der Waals surface area contributed by atoms with Crippen molar-refractivity contribution in [3.8, 4) is 0 Å². The van der Waals surface area contributed by atoms with Gasteiger partial charge in [-0.1, -0.05) is 15.9 Å². The van der Waals surface area contributed by atoms with Crippen LogP contribution in [0.4, 0.5) is 15.8 Å². The van der Waals surface area contributed by atoms with Crippen molar-refractivity contribution in [1.82, 2.24) is 0 Å². The summed E-state index contributed by atoms with van der Waals surface area (Å²) in [6.07, 6.45) is 0. The van der Waals surface area contributed by atoms with E-state index in [-0.39, 0.29) is 5.91 Å². The molecule has 0 aliphatic rings. The monoisotopic (exact) mass is 322 g/mol. The predicted octanol–water partition coefficient (Wildman–Crippen LogP) is 3.73. The van der Waals surface area contributed by atoms with Gasteiger partial charge in [-0.25, -0.2) is 4.39 Å². The van der Waals surface area contributed by atoms with Gasteiger partial charge in [0, 0.05) is 15.8 Å². The van der Waals surface area contributed by atoms with E-state index in [0.29, 0.717) is 16.9 Å². The van der Waals surface area contributed by atoms with E-state index in [4.69, 9.17) is 5.73 Å². The lowest BCUT2D eigenvalue weighted by molar-refractivity contribution is 0.102. The number of nitrogen functional groups attached to an aromatic ring is 1. The Morgan fingerprint density at radius 1 is 1.26 bits per heavy atom. The van der Waals surface area contributed by atoms with E-state index in [9.17, 15) is 9.18 Å². The maximum absolute atomic E-state index is 13.2. The zero-order chi connectivity index (χ0) is 14.0. The SMILES string of the molecule is Cc1cc(F)cc(NC(=O)c2cc(Br)ccc2N)c1. The molecule has 0 aliphatic heterocycles. The minimum atomic E-state index is -0.391. The lowest BCUT2D eigenvalue weighted by Gasteiger charge is -2.09. The average molecular weight is 323 g/mol. The highest BCUT2D eigenvalue weighted by atomic mass is 79.9. The highest BCUT2D eigenvalue weighted by Gasteiger charge is 2.11. The number of halogens is 2. The number of carbonyl (C=O) groups is 1. The number of amides is 1. The molecule has 0 saturated heterocycles. The van der Waals surface area contributed by atoms with Crippen molar-refractivity contribution >= 4 is 33.2 Å². The number of rotatable bonds is 2. The van der Waals surface area contributed by atoms with Crippen molar-refractivity contribution in [3.05, 3.63) is 57.8 Å². The fourth-order valence-corrected chi connectivity index (χ4v) is 2.09. The molecule has 19 heavy (non-hydrogen) atoms. The van der Waals surface area contributed by atoms with Gasteiger partial charge in [0.25, 0.3) is 5.91 Å². The summed E-state index contributed by atoms with van der Waals surface area (Å²) in [6.45, 7) is 1.76. The van der Waals surface area contributed by atoms with Crippen LogP contribution in [-0.2, 0) is 0 Å². The van der Waals surface area contributed by atoms with Gasteiger partial charge in [-0.2, -0.15) is 0 Å². The molecule has 3 nitrogen and oxygen atoms in total. The van der Waals surface area contributed by atoms with Crippen LogP contribution >= 0.6 is 15.9 Å². The van der Waals surface area contributed by atoms with Gasteiger partial charge in [-0.05, 0) is 48.9 Å². The lowest BCUT2D eigenvalue weighted by atomic mass is 10.1. The van der Waals surface area contributed by atoms with Gasteiger partial charge >= 0.3 is 0 Å². The summed E-state index contributed by atoms with van der Waals surface area (Å²) in [7, 11) is 0. The van der Waals surface area contributed by atoms with Gasteiger partial charge in [-0.15, -0.1) is 0 Å². The molecular formula is C14H12BrFN2O. The summed E-state index contributed by atoms with van der Waals surface area (Å²) >= 11 is 3.28. The Balaban J connectivity index is 2.28. The molecule has 0 atom stereocenters. The Labute approximate surface area is 118 Å². The zero-order valence-electron chi connectivity index (χ0n) is 10.2. The first-order chi connectivity index (χ1) is 8.95. The minimum absolute atomic E-state index is 0.344. The van der Waals surface area contributed by atoms with Gasteiger partial charge in [0.05, 0.1) is 5.56 Å². The Hall–Kier alpha value is -1.88. The number of carbonyl (C=O) groups excluding carboxylic acids is 1. The summed E-state index contributed by atoms with van der Waals surface area (Å²) in [5, 5.41) is 2.63. The molecule has 1 amide bonds. The van der Waals surface area contributed by atoms with Crippen LogP contribution in [-0.4, -0.2) is 5.91 Å². The maximum atomic E-state index is 13.2. The second kappa shape index (κ2) is 5.40. The number of nitrogens with one attached hydrogen (secondary N) is 1. The number of hydrogen-bond acceptors (Lipinski definition) is 2. The largest absolute Gasteiger partial charge is 0.398 e. The lowest BCUT2D eigenvalue weighted by Crippen LogP contribution is -2.14. The van der Waals surface area contributed by atoms with Crippen molar-refractivity contribution in [1.29, 1.82) is 0 Å². The Morgan fingerprint density at radius 2 is 2.00 bits per heavy atom. The molecule has 0 heterocycles. The number of aryl methyl sites for hydroxylation is 1. The average Bonchev–Trinajstić information content (AvgIpc) is 2.30. The van der Waals surface area contributed by atoms with E-state index in [1.807, 2.05) is 0 Å². The topological polar surface area (TPSA) is 55.1 Å². The molecule has 0 unspecified atom stereocenters. The second-order valence-electron chi connectivity index (χ2n) is 4.20. The molecule has 0 saturated carbocycles. The molecule has 2 aromatic rings. The van der Waals surface area contributed by atoms with Crippen LogP contribution in [0.2, 0.25) is 0 Å². The fourth-order valence-electron chi connectivity index (χ4n) is 1.73. The molecule has 3 N–H and O–H groups in total. The first-order valence-electron chi connectivity index (χ1n) is 5.59. The second-order valence-corrected chi connectivity index (χ2v) is 5.12. The summed E-state index contributed by atoms with van der Waals surface area (Å²) in [4.78, 5) is 12.1. The molecule has 0 aromatic heterocycles. The van der Waals surface area contributed by atoms with Gasteiger partial charge < -0.3 is 11.1 Å². The number of hydrogen-bond donors (Lipinski definition) is 2. The highest BCUT2D eigenvalue weighted by Crippen LogP contribution is 2.20. The maximum Gasteiger partial charge on any atom is 0.257 e. The third-order valence-electron chi connectivity index (χ3n) is 2.56. The van der Waals surface area contributed by atoms with Crippen LogP contribution in [0.1, 0.15) is 15.9 Å². The van der Waals surface area contributed by atoms with Gasteiger partial charge in [0.1, 0.15) is 5.82 Å². The van der Waals surface area contributed by atoms with Gasteiger partial charge in [0.15, 0.2) is 0 Å². The van der Waals surface area contributed by atoms with Crippen molar-refractivity contribution in [3.63, 3.8) is 0 Å². The van der Waals surface area contributed by atoms with Crippen LogP contribution < -0.4 is 11.1 Å². The molecule has 0 aliphatic carbocycles. The van der Waals surface area contributed by atoms with Crippen molar-refractivity contribution in [2.45, 2.75) is 6.92 Å². The molecule has 98 valence electrons. The van der Waals surface area contributed by atoms with Crippen LogP contribution in [0.3, 0.4) is 0 Å². The van der Waals surface area contributed by atoms with Gasteiger partial charge in [-0.3, -0.25) is 4.79 Å². The fraction of sp³-hybridized carbons (Fsp3) is 0.0714. The zero-order valence-corrected chi connectivity index (χ0v) is 11.8. The molecule has 0 fully saturated rings. The molecule has 0 radical (unpaired) electrons. The third-order valence-corrected chi connectivity index (χ3v) is 3.05. The molecule has 2 rings (SSSR count). The van der Waals surface area contributed by atoms with E-state index in [1.165, 1.54) is 12.1 Å². The van der Waals surface area contributed by atoms with E-state index < -0.39 is 5.82 Å². The van der Waals surface area contributed by atoms with Crippen LogP contribution in [0.25, 0.3) is 0 Å². The summed E-state index contributed by atoms with van der Waals surface area (Å²) < 4.78 is 14.0. The van der Waals surface area contributed by atoms with Crippen LogP contribution in [0.5, 0.6) is 0 Å². The highest BCUT2D eigenvalue weighted by molar-refractivity contribution is 9.10. The smallest absolute Gasteiger partial charge is 0.257 e. The van der Waals surface area contributed by atoms with Crippen molar-refractivity contribution in [2.75, 3.05) is 11.1 Å². The summed E-state index contributed by atoms with van der Waals surface area (Å²) in [5.74, 6) is -0.763. The molecular weight excluding hydrogens is 311 g/mol. The quantitative estimate of drug-likeness (QED) is 0.828. The Morgan fingerprint density at radius 3 is 2.68 bits per heavy atom. The molecule has 0 spiro atoms. The van der Waals surface area contributed by atoms with E-state index >= 15 is 0 Å². The standard InChI is InChI=1S/C14H12BrFN2O/c1-8-4-10(16)7-11(5-8)18-14(19)12-6-9(15)2-3-13(12)17/h2-7H,17H2,1H3,(H,18,19). The number of nitrogens with two attached hydrogens (primary N) is 1. The first kappa shape index (κ1) is 13.5. The van der Waals surface area contributed by atoms with E-state index in [2.05, 4.69) is 21.2 Å². The molecule has 0 bridgehead atoms. The molecule has 5 heteroatoms. The summed E-state index contributed by atoms with van der Waals surface area (Å²) in [6, 6.07) is 9.35. The van der Waals surface area contributed by atoms with Crippen molar-refractivity contribution < 1.29 is 9.18 Å².